The van der Waals surface area contributed by atoms with Gasteiger partial charge in [-0.1, -0.05) is 24.3 Å². The Bertz CT molecular complexity index is 732. The zero-order valence-corrected chi connectivity index (χ0v) is 11.7. The minimum atomic E-state index is -3.85. The van der Waals surface area contributed by atoms with E-state index >= 15 is 0 Å². The first-order valence-corrected chi connectivity index (χ1v) is 7.51. The van der Waals surface area contributed by atoms with E-state index in [2.05, 4.69) is 15.4 Å². The molecule has 0 atom stereocenters. The average Bonchev–Trinajstić information content (AvgIpc) is 2.38. The topological polar surface area (TPSA) is 113 Å². The molecule has 21 heavy (non-hydrogen) atoms. The fourth-order valence-corrected chi connectivity index (χ4v) is 2.10. The molecule has 5 N–H and O–H groups in total. The highest BCUT2D eigenvalue weighted by Gasteiger charge is 2.05. The molecule has 0 radical (unpaired) electrons. The minimum absolute atomic E-state index is 0.259. The zero-order chi connectivity index (χ0) is 15.3. The number of hydrogen-bond acceptors (Lipinski definition) is 3. The van der Waals surface area contributed by atoms with Crippen molar-refractivity contribution in [1.82, 2.24) is 0 Å². The molecule has 2 aromatic carbocycles. The summed E-state index contributed by atoms with van der Waals surface area (Å²) in [4.78, 5) is 11.8. The van der Waals surface area contributed by atoms with Gasteiger partial charge in [-0.05, 0) is 30.3 Å². The van der Waals surface area contributed by atoms with E-state index in [4.69, 9.17) is 5.14 Å². The summed E-state index contributed by atoms with van der Waals surface area (Å²) in [5, 5.41) is 10.1. The number of para-hydroxylation sites is 1. The SMILES string of the molecule is NS(=O)(=O)Nc1cccc(NC(=O)Nc2ccccc2)c1. The van der Waals surface area contributed by atoms with Gasteiger partial charge in [0.05, 0.1) is 5.69 Å². The van der Waals surface area contributed by atoms with Crippen LogP contribution in [-0.4, -0.2) is 14.4 Å². The lowest BCUT2D eigenvalue weighted by atomic mass is 10.3. The lowest BCUT2D eigenvalue weighted by Crippen LogP contribution is -2.22. The predicted molar refractivity (Wildman–Crippen MR) is 82.3 cm³/mol. The predicted octanol–water partition coefficient (Wildman–Crippen LogP) is 1.95. The Morgan fingerprint density at radius 1 is 0.857 bits per heavy atom. The summed E-state index contributed by atoms with van der Waals surface area (Å²) >= 11 is 0. The first-order chi connectivity index (χ1) is 9.92. The van der Waals surface area contributed by atoms with E-state index in [1.807, 2.05) is 6.07 Å². The van der Waals surface area contributed by atoms with Crippen LogP contribution in [0.4, 0.5) is 21.9 Å². The van der Waals surface area contributed by atoms with Crippen molar-refractivity contribution in [3.63, 3.8) is 0 Å². The maximum Gasteiger partial charge on any atom is 0.323 e. The third-order valence-corrected chi connectivity index (χ3v) is 2.93. The number of rotatable bonds is 4. The summed E-state index contributed by atoms with van der Waals surface area (Å²) in [6.07, 6.45) is 0. The molecule has 2 amide bonds. The summed E-state index contributed by atoms with van der Waals surface area (Å²) in [5.74, 6) is 0. The summed E-state index contributed by atoms with van der Waals surface area (Å²) in [7, 11) is -3.85. The molecule has 0 fully saturated rings. The van der Waals surface area contributed by atoms with Crippen LogP contribution in [0.1, 0.15) is 0 Å². The normalized spacial score (nSPS) is 10.7. The Labute approximate surface area is 122 Å². The number of carbonyl (C=O) groups excluding carboxylic acids is 1. The number of amides is 2. The Morgan fingerprint density at radius 2 is 1.43 bits per heavy atom. The molecule has 0 aromatic heterocycles. The van der Waals surface area contributed by atoms with Crippen LogP contribution in [0.2, 0.25) is 0 Å². The Kier molecular flexibility index (Phi) is 4.41. The minimum Gasteiger partial charge on any atom is -0.308 e. The third-order valence-electron chi connectivity index (χ3n) is 2.41. The van der Waals surface area contributed by atoms with Crippen molar-refractivity contribution in [1.29, 1.82) is 0 Å². The van der Waals surface area contributed by atoms with Gasteiger partial charge in [-0.15, -0.1) is 0 Å². The van der Waals surface area contributed by atoms with Crippen LogP contribution in [-0.2, 0) is 10.2 Å². The molecular weight excluding hydrogens is 292 g/mol. The number of nitrogens with two attached hydrogens (primary N) is 1. The highest BCUT2D eigenvalue weighted by Crippen LogP contribution is 2.16. The van der Waals surface area contributed by atoms with E-state index < -0.39 is 16.2 Å². The van der Waals surface area contributed by atoms with Gasteiger partial charge in [0, 0.05) is 11.4 Å². The molecule has 7 nitrogen and oxygen atoms in total. The zero-order valence-electron chi connectivity index (χ0n) is 10.9. The van der Waals surface area contributed by atoms with Gasteiger partial charge in [0.2, 0.25) is 0 Å². The van der Waals surface area contributed by atoms with Crippen molar-refractivity contribution in [2.24, 2.45) is 5.14 Å². The van der Waals surface area contributed by atoms with Crippen LogP contribution in [0, 0.1) is 0 Å². The molecule has 8 heteroatoms. The van der Waals surface area contributed by atoms with Gasteiger partial charge in [-0.3, -0.25) is 4.72 Å². The molecular formula is C13H14N4O3S. The first kappa shape index (κ1) is 14.8. The molecule has 0 saturated carbocycles. The van der Waals surface area contributed by atoms with Crippen molar-refractivity contribution in [3.05, 3.63) is 54.6 Å². The van der Waals surface area contributed by atoms with E-state index in [0.717, 1.165) is 0 Å². The molecule has 0 unspecified atom stereocenters. The molecule has 0 saturated heterocycles. The van der Waals surface area contributed by atoms with Gasteiger partial charge in [0.25, 0.3) is 10.2 Å². The van der Waals surface area contributed by atoms with Crippen LogP contribution < -0.4 is 20.5 Å². The fourth-order valence-electron chi connectivity index (χ4n) is 1.64. The van der Waals surface area contributed by atoms with E-state index in [-0.39, 0.29) is 5.69 Å². The summed E-state index contributed by atoms with van der Waals surface area (Å²) in [5.41, 5.74) is 1.33. The molecule has 0 spiro atoms. The number of anilines is 3. The second kappa shape index (κ2) is 6.25. The molecule has 110 valence electrons. The first-order valence-electron chi connectivity index (χ1n) is 5.96. The highest BCUT2D eigenvalue weighted by atomic mass is 32.2. The number of nitrogens with one attached hydrogen (secondary N) is 3. The number of carbonyl (C=O) groups is 1. The van der Waals surface area contributed by atoms with E-state index in [1.165, 1.54) is 12.1 Å². The van der Waals surface area contributed by atoms with Gasteiger partial charge >= 0.3 is 6.03 Å². The quantitative estimate of drug-likeness (QED) is 0.692. The average molecular weight is 306 g/mol. The summed E-state index contributed by atoms with van der Waals surface area (Å²) in [6.45, 7) is 0. The number of benzene rings is 2. The second-order valence-electron chi connectivity index (χ2n) is 4.17. The van der Waals surface area contributed by atoms with Gasteiger partial charge in [0.1, 0.15) is 0 Å². The highest BCUT2D eigenvalue weighted by molar-refractivity contribution is 7.90. The lowest BCUT2D eigenvalue weighted by Gasteiger charge is -2.09. The monoisotopic (exact) mass is 306 g/mol. The number of hydrogen-bond donors (Lipinski definition) is 4. The van der Waals surface area contributed by atoms with Crippen molar-refractivity contribution < 1.29 is 13.2 Å². The smallest absolute Gasteiger partial charge is 0.308 e. The van der Waals surface area contributed by atoms with E-state index in [1.54, 1.807) is 36.4 Å². The molecule has 2 rings (SSSR count). The summed E-state index contributed by atoms with van der Waals surface area (Å²) in [6, 6.07) is 14.7. The molecule has 0 aliphatic rings. The molecule has 0 heterocycles. The maximum atomic E-state index is 11.8. The van der Waals surface area contributed by atoms with Crippen LogP contribution in [0.25, 0.3) is 0 Å². The van der Waals surface area contributed by atoms with Gasteiger partial charge in [-0.2, -0.15) is 8.42 Å². The van der Waals surface area contributed by atoms with Gasteiger partial charge < -0.3 is 10.6 Å². The summed E-state index contributed by atoms with van der Waals surface area (Å²) < 4.78 is 24.0. The maximum absolute atomic E-state index is 11.8. The fraction of sp³-hybridized carbons (Fsp3) is 0. The second-order valence-corrected chi connectivity index (χ2v) is 5.47. The standard InChI is InChI=1S/C13H14N4O3S/c14-21(19,20)17-12-8-4-7-11(9-12)16-13(18)15-10-5-2-1-3-6-10/h1-9,17H,(H2,14,19,20)(H2,15,16,18). The Balaban J connectivity index is 2.02. The van der Waals surface area contributed by atoms with Crippen molar-refractivity contribution in [2.75, 3.05) is 15.4 Å². The van der Waals surface area contributed by atoms with Crippen molar-refractivity contribution >= 4 is 33.3 Å². The van der Waals surface area contributed by atoms with Crippen LogP contribution in [0.15, 0.2) is 54.6 Å². The van der Waals surface area contributed by atoms with Gasteiger partial charge in [-0.25, -0.2) is 9.93 Å². The van der Waals surface area contributed by atoms with Crippen LogP contribution in [0.3, 0.4) is 0 Å². The van der Waals surface area contributed by atoms with Crippen LogP contribution in [0.5, 0.6) is 0 Å². The van der Waals surface area contributed by atoms with Crippen molar-refractivity contribution in [3.8, 4) is 0 Å². The molecule has 0 bridgehead atoms. The Morgan fingerprint density at radius 3 is 2.10 bits per heavy atom. The third kappa shape index (κ3) is 5.13. The molecule has 2 aromatic rings. The number of urea groups is 1. The van der Waals surface area contributed by atoms with Gasteiger partial charge in [0.15, 0.2) is 0 Å². The molecule has 0 aliphatic carbocycles. The lowest BCUT2D eigenvalue weighted by molar-refractivity contribution is 0.262. The Hall–Kier alpha value is -2.58. The molecule has 0 aliphatic heterocycles. The van der Waals surface area contributed by atoms with Crippen molar-refractivity contribution in [2.45, 2.75) is 0 Å². The largest absolute Gasteiger partial charge is 0.323 e. The van der Waals surface area contributed by atoms with E-state index in [0.29, 0.717) is 11.4 Å². The van der Waals surface area contributed by atoms with Crippen LogP contribution >= 0.6 is 0 Å². The van der Waals surface area contributed by atoms with E-state index in [9.17, 15) is 13.2 Å².